The molecule has 0 fully saturated rings. The van der Waals surface area contributed by atoms with Crippen molar-refractivity contribution in [2.75, 3.05) is 0 Å². The Hall–Kier alpha value is -1.64. The molecule has 0 spiro atoms. The summed E-state index contributed by atoms with van der Waals surface area (Å²) in [6, 6.07) is 6.28. The van der Waals surface area contributed by atoms with Gasteiger partial charge in [-0.25, -0.2) is 9.37 Å². The Morgan fingerprint density at radius 1 is 1.42 bits per heavy atom. The molecule has 1 radical (unpaired) electrons. The molecule has 0 saturated carbocycles. The second kappa shape index (κ2) is 2.77. The second-order valence-electron chi connectivity index (χ2n) is 2.38. The summed E-state index contributed by atoms with van der Waals surface area (Å²) in [7, 11) is 0. The molecule has 1 aromatic carbocycles. The zero-order chi connectivity index (χ0) is 8.39. The minimum Gasteiger partial charge on any atom is -0.297 e. The third kappa shape index (κ3) is 1.21. The largest absolute Gasteiger partial charge is 0.297 e. The average Bonchev–Trinajstić information content (AvgIpc) is 2.56. The van der Waals surface area contributed by atoms with E-state index in [0.29, 0.717) is 0 Å². The van der Waals surface area contributed by atoms with Gasteiger partial charge in [-0.15, -0.1) is 0 Å². The molecule has 12 heavy (non-hydrogen) atoms. The Morgan fingerprint density at radius 3 is 3.00 bits per heavy atom. The van der Waals surface area contributed by atoms with Crippen LogP contribution in [-0.4, -0.2) is 9.55 Å². The Labute approximate surface area is 69.3 Å². The summed E-state index contributed by atoms with van der Waals surface area (Å²) in [5, 5.41) is 0. The summed E-state index contributed by atoms with van der Waals surface area (Å²) in [5.74, 6) is -0.255. The van der Waals surface area contributed by atoms with Gasteiger partial charge in [0.1, 0.15) is 5.82 Å². The third-order valence-corrected chi connectivity index (χ3v) is 1.54. The van der Waals surface area contributed by atoms with Crippen LogP contribution in [0.5, 0.6) is 0 Å². The highest BCUT2D eigenvalue weighted by Gasteiger charge is 1.95. The van der Waals surface area contributed by atoms with Crippen LogP contribution in [0.2, 0.25) is 0 Å². The molecule has 0 N–H and O–H groups in total. The summed E-state index contributed by atoms with van der Waals surface area (Å²) in [5.41, 5.74) is 0.729. The standard InChI is InChI=1S/C9H6FN2/c10-8-2-1-3-9(6-8)12-5-4-11-7-12/h1-6H. The van der Waals surface area contributed by atoms with Crippen LogP contribution in [0.4, 0.5) is 4.39 Å². The number of nitrogens with zero attached hydrogens (tertiary/aromatic N) is 2. The Morgan fingerprint density at radius 2 is 2.33 bits per heavy atom. The van der Waals surface area contributed by atoms with Crippen LogP contribution in [0.1, 0.15) is 0 Å². The van der Waals surface area contributed by atoms with E-state index in [-0.39, 0.29) is 5.82 Å². The van der Waals surface area contributed by atoms with E-state index in [1.54, 1.807) is 29.1 Å². The van der Waals surface area contributed by atoms with Gasteiger partial charge in [-0.3, -0.25) is 4.57 Å². The van der Waals surface area contributed by atoms with Crippen LogP contribution < -0.4 is 0 Å². The minimum absolute atomic E-state index is 0.255. The summed E-state index contributed by atoms with van der Waals surface area (Å²) in [6.07, 6.45) is 6.00. The molecule has 0 amide bonds. The summed E-state index contributed by atoms with van der Waals surface area (Å²) in [4.78, 5) is 3.74. The predicted molar refractivity (Wildman–Crippen MR) is 42.4 cm³/mol. The molecule has 0 aliphatic rings. The topological polar surface area (TPSA) is 17.8 Å². The zero-order valence-electron chi connectivity index (χ0n) is 6.24. The van der Waals surface area contributed by atoms with E-state index in [4.69, 9.17) is 0 Å². The fourth-order valence-electron chi connectivity index (χ4n) is 0.999. The second-order valence-corrected chi connectivity index (χ2v) is 2.38. The van der Waals surface area contributed by atoms with Gasteiger partial charge >= 0.3 is 0 Å². The first-order valence-electron chi connectivity index (χ1n) is 3.53. The van der Waals surface area contributed by atoms with Crippen molar-refractivity contribution in [3.05, 3.63) is 48.8 Å². The lowest BCUT2D eigenvalue weighted by molar-refractivity contribution is 0.626. The molecule has 0 aliphatic carbocycles. The van der Waals surface area contributed by atoms with E-state index in [2.05, 4.69) is 11.3 Å². The van der Waals surface area contributed by atoms with Gasteiger partial charge in [0.2, 0.25) is 0 Å². The van der Waals surface area contributed by atoms with Crippen LogP contribution in [0.3, 0.4) is 0 Å². The summed E-state index contributed by atoms with van der Waals surface area (Å²) in [6.45, 7) is 0. The highest BCUT2D eigenvalue weighted by atomic mass is 19.1. The minimum atomic E-state index is -0.255. The number of benzene rings is 1. The van der Waals surface area contributed by atoms with Crippen molar-refractivity contribution in [3.63, 3.8) is 0 Å². The molecule has 1 aromatic heterocycles. The number of rotatable bonds is 1. The van der Waals surface area contributed by atoms with Crippen molar-refractivity contribution >= 4 is 0 Å². The number of hydrogen-bond donors (Lipinski definition) is 0. The lowest BCUT2D eigenvalue weighted by Gasteiger charge is -1.99. The molecule has 0 bridgehead atoms. The normalized spacial score (nSPS) is 10.1. The molecule has 0 aliphatic heterocycles. The van der Waals surface area contributed by atoms with Crippen LogP contribution in [0.15, 0.2) is 36.7 Å². The van der Waals surface area contributed by atoms with Crippen LogP contribution >= 0.6 is 0 Å². The van der Waals surface area contributed by atoms with Crippen LogP contribution in [-0.2, 0) is 0 Å². The highest BCUT2D eigenvalue weighted by molar-refractivity contribution is 5.31. The number of halogens is 1. The Balaban J connectivity index is 2.48. The van der Waals surface area contributed by atoms with Crippen molar-refractivity contribution in [2.24, 2.45) is 0 Å². The Kier molecular flexibility index (Phi) is 1.63. The lowest BCUT2D eigenvalue weighted by Crippen LogP contribution is -1.90. The van der Waals surface area contributed by atoms with E-state index in [1.807, 2.05) is 0 Å². The van der Waals surface area contributed by atoms with Gasteiger partial charge < -0.3 is 0 Å². The van der Waals surface area contributed by atoms with Crippen molar-refractivity contribution in [2.45, 2.75) is 0 Å². The van der Waals surface area contributed by atoms with E-state index in [1.165, 1.54) is 12.1 Å². The molecule has 0 saturated heterocycles. The van der Waals surface area contributed by atoms with Gasteiger partial charge in [-0.05, 0) is 18.2 Å². The predicted octanol–water partition coefficient (Wildman–Crippen LogP) is 1.81. The molecule has 0 unspecified atom stereocenters. The van der Waals surface area contributed by atoms with Gasteiger partial charge in [-0.1, -0.05) is 6.07 Å². The quantitative estimate of drug-likeness (QED) is 0.623. The molecular weight excluding hydrogens is 155 g/mol. The number of aromatic nitrogens is 2. The molecule has 2 nitrogen and oxygen atoms in total. The summed E-state index contributed by atoms with van der Waals surface area (Å²) < 4.78 is 14.3. The molecule has 2 rings (SSSR count). The maximum Gasteiger partial charge on any atom is 0.181 e. The van der Waals surface area contributed by atoms with Gasteiger partial charge in [0.25, 0.3) is 0 Å². The summed E-state index contributed by atoms with van der Waals surface area (Å²) >= 11 is 0. The van der Waals surface area contributed by atoms with E-state index >= 15 is 0 Å². The van der Waals surface area contributed by atoms with Gasteiger partial charge in [0.15, 0.2) is 6.33 Å². The SMILES string of the molecule is Fc1cccc(-n2[c]ncc2)c1. The fraction of sp³-hybridized carbons (Fsp3) is 0. The maximum atomic E-state index is 12.7. The fourth-order valence-corrected chi connectivity index (χ4v) is 0.999. The zero-order valence-corrected chi connectivity index (χ0v) is 6.24. The first kappa shape index (κ1) is 7.03. The average molecular weight is 161 g/mol. The van der Waals surface area contributed by atoms with Gasteiger partial charge in [0, 0.05) is 12.4 Å². The van der Waals surface area contributed by atoms with E-state index in [0.717, 1.165) is 5.69 Å². The number of imidazole rings is 1. The van der Waals surface area contributed by atoms with Crippen LogP contribution in [0, 0.1) is 12.1 Å². The van der Waals surface area contributed by atoms with Gasteiger partial charge in [0.05, 0.1) is 5.69 Å². The molecule has 2 aromatic rings. The van der Waals surface area contributed by atoms with E-state index < -0.39 is 0 Å². The number of hydrogen-bond acceptors (Lipinski definition) is 1. The van der Waals surface area contributed by atoms with Gasteiger partial charge in [-0.2, -0.15) is 0 Å². The molecule has 3 heteroatoms. The highest BCUT2D eigenvalue weighted by Crippen LogP contribution is 2.07. The molecule has 1 heterocycles. The van der Waals surface area contributed by atoms with E-state index in [9.17, 15) is 4.39 Å². The van der Waals surface area contributed by atoms with Crippen molar-refractivity contribution in [1.82, 2.24) is 9.55 Å². The molecule has 59 valence electrons. The maximum absolute atomic E-state index is 12.7. The Bertz CT molecular complexity index is 368. The monoisotopic (exact) mass is 161 g/mol. The first-order valence-corrected chi connectivity index (χ1v) is 3.53. The third-order valence-electron chi connectivity index (χ3n) is 1.54. The molecular formula is C9H6FN2. The molecule has 0 atom stereocenters. The van der Waals surface area contributed by atoms with Crippen molar-refractivity contribution in [3.8, 4) is 5.69 Å². The van der Waals surface area contributed by atoms with Crippen molar-refractivity contribution < 1.29 is 4.39 Å². The smallest absolute Gasteiger partial charge is 0.181 e. The van der Waals surface area contributed by atoms with Crippen LogP contribution in [0.25, 0.3) is 5.69 Å². The van der Waals surface area contributed by atoms with Crippen molar-refractivity contribution in [1.29, 1.82) is 0 Å². The first-order chi connectivity index (χ1) is 5.86. The lowest BCUT2D eigenvalue weighted by atomic mass is 10.3.